The van der Waals surface area contributed by atoms with E-state index in [2.05, 4.69) is 11.0 Å². The van der Waals surface area contributed by atoms with Crippen LogP contribution in [0.15, 0.2) is 18.2 Å². The molecule has 0 unspecified atom stereocenters. The zero-order valence-electron chi connectivity index (χ0n) is 8.95. The molecule has 3 nitrogen and oxygen atoms in total. The van der Waals surface area contributed by atoms with E-state index in [4.69, 9.17) is 21.6 Å². The molecule has 0 aliphatic carbocycles. The van der Waals surface area contributed by atoms with Crippen LogP contribution in [0.3, 0.4) is 0 Å². The number of nitriles is 1. The highest BCUT2D eigenvalue weighted by molar-refractivity contribution is 6.32. The Labute approximate surface area is 100 Å². The third kappa shape index (κ3) is 2.46. The van der Waals surface area contributed by atoms with Gasteiger partial charge in [-0.2, -0.15) is 5.26 Å². The Balaban J connectivity index is 2.20. The molecule has 1 heterocycles. The van der Waals surface area contributed by atoms with Gasteiger partial charge in [-0.1, -0.05) is 11.6 Å². The van der Waals surface area contributed by atoms with Crippen molar-refractivity contribution in [3.63, 3.8) is 0 Å². The van der Waals surface area contributed by atoms with Crippen molar-refractivity contribution in [2.45, 2.75) is 6.42 Å². The van der Waals surface area contributed by atoms with Crippen LogP contribution in [0.25, 0.3) is 0 Å². The molecular weight excluding hydrogens is 224 g/mol. The average Bonchev–Trinajstić information content (AvgIpc) is 2.57. The normalized spacial score (nSPS) is 16.6. The van der Waals surface area contributed by atoms with E-state index in [-0.39, 0.29) is 0 Å². The summed E-state index contributed by atoms with van der Waals surface area (Å²) >= 11 is 6.01. The van der Waals surface area contributed by atoms with Crippen molar-refractivity contribution in [2.75, 3.05) is 31.2 Å². The third-order valence-corrected chi connectivity index (χ3v) is 2.97. The molecule has 0 aromatic heterocycles. The Morgan fingerprint density at radius 2 is 2.19 bits per heavy atom. The lowest BCUT2D eigenvalue weighted by molar-refractivity contribution is 0.152. The highest BCUT2D eigenvalue weighted by atomic mass is 35.5. The summed E-state index contributed by atoms with van der Waals surface area (Å²) in [5, 5.41) is 9.32. The van der Waals surface area contributed by atoms with Gasteiger partial charge in [0.1, 0.15) is 6.07 Å². The van der Waals surface area contributed by atoms with Gasteiger partial charge < -0.3 is 9.64 Å². The van der Waals surface area contributed by atoms with E-state index in [0.717, 1.165) is 38.4 Å². The van der Waals surface area contributed by atoms with Gasteiger partial charge in [0.05, 0.1) is 17.2 Å². The van der Waals surface area contributed by atoms with Crippen LogP contribution in [0.1, 0.15) is 12.0 Å². The molecule has 2 rings (SSSR count). The van der Waals surface area contributed by atoms with Gasteiger partial charge in [0, 0.05) is 25.4 Å². The van der Waals surface area contributed by atoms with Gasteiger partial charge in [-0.3, -0.25) is 0 Å². The average molecular weight is 237 g/mol. The van der Waals surface area contributed by atoms with Crippen LogP contribution >= 0.6 is 11.6 Å². The van der Waals surface area contributed by atoms with Crippen molar-refractivity contribution in [3.05, 3.63) is 28.8 Å². The second-order valence-electron chi connectivity index (χ2n) is 3.73. The van der Waals surface area contributed by atoms with Crippen molar-refractivity contribution >= 4 is 17.3 Å². The molecule has 16 heavy (non-hydrogen) atoms. The Bertz CT molecular complexity index is 406. The standard InChI is InChI=1S/C12H13ClN2O/c13-12-8-11(3-2-10(12)9-14)15-4-1-6-16-7-5-15/h2-3,8H,1,4-7H2. The van der Waals surface area contributed by atoms with E-state index in [9.17, 15) is 0 Å². The second-order valence-corrected chi connectivity index (χ2v) is 4.14. The lowest BCUT2D eigenvalue weighted by Gasteiger charge is -2.22. The number of ether oxygens (including phenoxy) is 1. The highest BCUT2D eigenvalue weighted by Gasteiger charge is 2.11. The minimum absolute atomic E-state index is 0.519. The van der Waals surface area contributed by atoms with Crippen LogP contribution in [0.5, 0.6) is 0 Å². The number of benzene rings is 1. The van der Waals surface area contributed by atoms with Crippen LogP contribution in [-0.4, -0.2) is 26.3 Å². The fraction of sp³-hybridized carbons (Fsp3) is 0.417. The number of hydrogen-bond acceptors (Lipinski definition) is 3. The fourth-order valence-corrected chi connectivity index (χ4v) is 2.01. The summed E-state index contributed by atoms with van der Waals surface area (Å²) < 4.78 is 5.39. The quantitative estimate of drug-likeness (QED) is 0.752. The van der Waals surface area contributed by atoms with Gasteiger partial charge in [-0.15, -0.1) is 0 Å². The summed E-state index contributed by atoms with van der Waals surface area (Å²) in [7, 11) is 0. The van der Waals surface area contributed by atoms with E-state index in [1.54, 1.807) is 6.07 Å². The molecule has 1 aliphatic rings. The molecule has 0 radical (unpaired) electrons. The summed E-state index contributed by atoms with van der Waals surface area (Å²) in [5.41, 5.74) is 1.59. The Kier molecular flexibility index (Phi) is 3.66. The molecular formula is C12H13ClN2O. The van der Waals surface area contributed by atoms with Gasteiger partial charge in [0.15, 0.2) is 0 Å². The number of halogens is 1. The van der Waals surface area contributed by atoms with Crippen molar-refractivity contribution < 1.29 is 4.74 Å². The van der Waals surface area contributed by atoms with Crippen molar-refractivity contribution in [1.82, 2.24) is 0 Å². The van der Waals surface area contributed by atoms with Gasteiger partial charge in [0.2, 0.25) is 0 Å². The summed E-state index contributed by atoms with van der Waals surface area (Å²) in [6.07, 6.45) is 1.03. The maximum atomic E-state index is 8.80. The van der Waals surface area contributed by atoms with Gasteiger partial charge in [-0.25, -0.2) is 0 Å². The molecule has 1 aliphatic heterocycles. The van der Waals surface area contributed by atoms with Crippen LogP contribution in [-0.2, 0) is 4.74 Å². The molecule has 0 spiro atoms. The fourth-order valence-electron chi connectivity index (χ4n) is 1.80. The predicted molar refractivity (Wildman–Crippen MR) is 63.8 cm³/mol. The first-order valence-electron chi connectivity index (χ1n) is 5.33. The van der Waals surface area contributed by atoms with E-state index in [1.165, 1.54) is 0 Å². The monoisotopic (exact) mass is 236 g/mol. The molecule has 0 atom stereocenters. The molecule has 1 aromatic carbocycles. The van der Waals surface area contributed by atoms with Crippen LogP contribution in [0, 0.1) is 11.3 Å². The first kappa shape index (κ1) is 11.3. The van der Waals surface area contributed by atoms with Crippen LogP contribution < -0.4 is 4.90 Å². The van der Waals surface area contributed by atoms with E-state index < -0.39 is 0 Å². The lowest BCUT2D eigenvalue weighted by Crippen LogP contribution is -2.25. The summed E-state index contributed by atoms with van der Waals surface area (Å²) in [6.45, 7) is 3.42. The molecule has 1 saturated heterocycles. The van der Waals surface area contributed by atoms with E-state index >= 15 is 0 Å². The smallest absolute Gasteiger partial charge is 0.101 e. The summed E-state index contributed by atoms with van der Waals surface area (Å²) in [5.74, 6) is 0. The highest BCUT2D eigenvalue weighted by Crippen LogP contribution is 2.23. The SMILES string of the molecule is N#Cc1ccc(N2CCCOCC2)cc1Cl. The largest absolute Gasteiger partial charge is 0.380 e. The molecule has 0 N–H and O–H groups in total. The van der Waals surface area contributed by atoms with Gasteiger partial charge >= 0.3 is 0 Å². The molecule has 84 valence electrons. The van der Waals surface area contributed by atoms with Crippen LogP contribution in [0.4, 0.5) is 5.69 Å². The van der Waals surface area contributed by atoms with Crippen LogP contribution in [0.2, 0.25) is 5.02 Å². The summed E-state index contributed by atoms with van der Waals surface area (Å²) in [6, 6.07) is 7.62. The Morgan fingerprint density at radius 1 is 1.31 bits per heavy atom. The third-order valence-electron chi connectivity index (χ3n) is 2.66. The molecule has 0 bridgehead atoms. The van der Waals surface area contributed by atoms with Crippen molar-refractivity contribution in [1.29, 1.82) is 5.26 Å². The molecule has 4 heteroatoms. The summed E-state index contributed by atoms with van der Waals surface area (Å²) in [4.78, 5) is 2.24. The minimum atomic E-state index is 0.519. The minimum Gasteiger partial charge on any atom is -0.380 e. The lowest BCUT2D eigenvalue weighted by atomic mass is 10.2. The zero-order chi connectivity index (χ0) is 11.4. The van der Waals surface area contributed by atoms with Gasteiger partial charge in [0.25, 0.3) is 0 Å². The van der Waals surface area contributed by atoms with Gasteiger partial charge in [-0.05, 0) is 24.6 Å². The molecule has 0 amide bonds. The number of rotatable bonds is 1. The number of anilines is 1. The molecule has 1 fully saturated rings. The second kappa shape index (κ2) is 5.20. The maximum Gasteiger partial charge on any atom is 0.101 e. The van der Waals surface area contributed by atoms with Crippen molar-refractivity contribution in [3.8, 4) is 6.07 Å². The maximum absolute atomic E-state index is 8.80. The Hall–Kier alpha value is -1.24. The number of nitrogens with zero attached hydrogens (tertiary/aromatic N) is 2. The van der Waals surface area contributed by atoms with E-state index in [1.807, 2.05) is 12.1 Å². The molecule has 0 saturated carbocycles. The van der Waals surface area contributed by atoms with Crippen molar-refractivity contribution in [2.24, 2.45) is 0 Å². The molecule has 1 aromatic rings. The number of hydrogen-bond donors (Lipinski definition) is 0. The Morgan fingerprint density at radius 3 is 2.94 bits per heavy atom. The van der Waals surface area contributed by atoms with E-state index in [0.29, 0.717) is 10.6 Å². The topological polar surface area (TPSA) is 36.3 Å². The first-order valence-corrected chi connectivity index (χ1v) is 5.71. The predicted octanol–water partition coefficient (Wildman–Crippen LogP) is 2.44. The zero-order valence-corrected chi connectivity index (χ0v) is 9.70. The first-order chi connectivity index (χ1) is 7.81.